The highest BCUT2D eigenvalue weighted by atomic mass is 32.2. The van der Waals surface area contributed by atoms with E-state index in [4.69, 9.17) is 17.2 Å². The maximum Gasteiger partial charge on any atom is 0.267 e. The van der Waals surface area contributed by atoms with Crippen LogP contribution in [0.5, 0.6) is 0 Å². The Labute approximate surface area is 211 Å². The Bertz CT molecular complexity index is 1380. The van der Waals surface area contributed by atoms with Gasteiger partial charge in [-0.15, -0.1) is 0 Å². The van der Waals surface area contributed by atoms with Gasteiger partial charge in [0.05, 0.1) is 10.5 Å². The van der Waals surface area contributed by atoms with Crippen LogP contribution in [0.15, 0.2) is 58.4 Å². The Morgan fingerprint density at radius 3 is 2.49 bits per heavy atom. The van der Waals surface area contributed by atoms with E-state index in [1.165, 1.54) is 28.3 Å². The molecule has 35 heavy (non-hydrogen) atoms. The number of halogens is 1. The molecule has 3 aromatic rings. The van der Waals surface area contributed by atoms with Crippen molar-refractivity contribution in [2.24, 2.45) is 0 Å². The molecule has 0 saturated carbocycles. The molecule has 2 aromatic heterocycles. The van der Waals surface area contributed by atoms with Crippen LogP contribution < -0.4 is 15.4 Å². The fourth-order valence-electron chi connectivity index (χ4n) is 4.33. The fourth-order valence-corrected chi connectivity index (χ4v) is 5.62. The highest BCUT2D eigenvalue weighted by molar-refractivity contribution is 8.26. The Morgan fingerprint density at radius 1 is 1.06 bits per heavy atom. The number of carbonyl (C=O) groups is 1. The third kappa shape index (κ3) is 4.55. The van der Waals surface area contributed by atoms with Gasteiger partial charge >= 0.3 is 0 Å². The van der Waals surface area contributed by atoms with E-state index >= 15 is 0 Å². The van der Waals surface area contributed by atoms with Crippen LogP contribution in [0, 0.1) is 5.82 Å². The number of piperazine rings is 1. The first-order valence-corrected chi connectivity index (χ1v) is 12.7. The van der Waals surface area contributed by atoms with Crippen LogP contribution in [0.25, 0.3) is 11.7 Å². The van der Waals surface area contributed by atoms with Gasteiger partial charge in [0.15, 0.2) is 0 Å². The average molecular weight is 510 g/mol. The van der Waals surface area contributed by atoms with E-state index in [1.807, 2.05) is 13.0 Å². The number of thioether (sulfide) groups is 1. The molecule has 0 bridgehead atoms. The molecule has 1 aromatic carbocycles. The first kappa shape index (κ1) is 23.5. The molecule has 2 fully saturated rings. The monoisotopic (exact) mass is 509 g/mol. The summed E-state index contributed by atoms with van der Waals surface area (Å²) in [7, 11) is 0. The summed E-state index contributed by atoms with van der Waals surface area (Å²) in [6, 6.07) is 11.9. The average Bonchev–Trinajstić information content (AvgIpc) is 3.14. The normalized spacial score (nSPS) is 17.8. The minimum atomic E-state index is -0.262. The minimum Gasteiger partial charge on any atom is -0.368 e. The molecule has 1 amide bonds. The second-order valence-corrected chi connectivity index (χ2v) is 10.0. The lowest BCUT2D eigenvalue weighted by Gasteiger charge is -2.37. The third-order valence-corrected chi connectivity index (χ3v) is 7.49. The van der Waals surface area contributed by atoms with Gasteiger partial charge in [0, 0.05) is 44.6 Å². The van der Waals surface area contributed by atoms with Crippen LogP contribution in [-0.2, 0) is 4.79 Å². The number of hydrogen-bond acceptors (Lipinski definition) is 7. The van der Waals surface area contributed by atoms with E-state index in [0.717, 1.165) is 12.1 Å². The zero-order valence-corrected chi connectivity index (χ0v) is 20.8. The lowest BCUT2D eigenvalue weighted by Crippen LogP contribution is -2.47. The molecule has 5 rings (SSSR count). The van der Waals surface area contributed by atoms with Crippen LogP contribution in [0.1, 0.15) is 18.9 Å². The lowest BCUT2D eigenvalue weighted by atomic mass is 10.2. The molecule has 0 aliphatic carbocycles. The van der Waals surface area contributed by atoms with Gasteiger partial charge in [-0.3, -0.25) is 18.9 Å². The Hall–Kier alpha value is -3.24. The van der Waals surface area contributed by atoms with Gasteiger partial charge in [0.25, 0.3) is 11.5 Å². The summed E-state index contributed by atoms with van der Waals surface area (Å²) in [6.07, 6.45) is 4.12. The van der Waals surface area contributed by atoms with Gasteiger partial charge in [-0.05, 0) is 48.9 Å². The van der Waals surface area contributed by atoms with Crippen LogP contribution >= 0.6 is 24.0 Å². The second kappa shape index (κ2) is 9.79. The summed E-state index contributed by atoms with van der Waals surface area (Å²) in [4.78, 5) is 37.6. The van der Waals surface area contributed by atoms with Crippen molar-refractivity contribution < 1.29 is 9.18 Å². The van der Waals surface area contributed by atoms with Crippen molar-refractivity contribution in [3.05, 3.63) is 75.3 Å². The molecule has 4 heterocycles. The molecule has 0 N–H and O–H groups in total. The molecule has 180 valence electrons. The SMILES string of the molecule is CCCN1C(=O)C(=Cc2c(N3CCN(c4ccc(F)cc4)CC3)nc3ccccn3c2=O)SC1=S. The minimum absolute atomic E-state index is 0.175. The molecule has 10 heteroatoms. The number of anilines is 2. The molecule has 2 aliphatic heterocycles. The van der Waals surface area contributed by atoms with Crippen molar-refractivity contribution in [2.45, 2.75) is 13.3 Å². The van der Waals surface area contributed by atoms with Gasteiger partial charge in [-0.1, -0.05) is 37.0 Å². The first-order valence-electron chi connectivity index (χ1n) is 11.5. The molecule has 0 unspecified atom stereocenters. The first-order chi connectivity index (χ1) is 17.0. The number of aromatic nitrogens is 2. The maximum absolute atomic E-state index is 13.5. The molecule has 0 radical (unpaired) electrons. The van der Waals surface area contributed by atoms with Crippen LogP contribution in [0.2, 0.25) is 0 Å². The summed E-state index contributed by atoms with van der Waals surface area (Å²) < 4.78 is 15.3. The molecular formula is C25H24FN5O2S2. The lowest BCUT2D eigenvalue weighted by molar-refractivity contribution is -0.122. The number of fused-ring (bicyclic) bond motifs is 1. The van der Waals surface area contributed by atoms with E-state index in [1.54, 1.807) is 41.4 Å². The summed E-state index contributed by atoms with van der Waals surface area (Å²) in [6.45, 7) is 5.19. The molecular weight excluding hydrogens is 485 g/mol. The summed E-state index contributed by atoms with van der Waals surface area (Å²) >= 11 is 6.62. The maximum atomic E-state index is 13.5. The highest BCUT2D eigenvalue weighted by Crippen LogP contribution is 2.33. The van der Waals surface area contributed by atoms with Crippen molar-refractivity contribution in [3.8, 4) is 0 Å². The Morgan fingerprint density at radius 2 is 1.77 bits per heavy atom. The fraction of sp³-hybridized carbons (Fsp3) is 0.280. The van der Waals surface area contributed by atoms with Gasteiger partial charge < -0.3 is 9.80 Å². The molecule has 7 nitrogen and oxygen atoms in total. The zero-order chi connectivity index (χ0) is 24.5. The van der Waals surface area contributed by atoms with E-state index < -0.39 is 0 Å². The number of nitrogens with zero attached hydrogens (tertiary/aromatic N) is 5. The third-order valence-electron chi connectivity index (χ3n) is 6.12. The smallest absolute Gasteiger partial charge is 0.267 e. The predicted octanol–water partition coefficient (Wildman–Crippen LogP) is 3.77. The van der Waals surface area contributed by atoms with Crippen molar-refractivity contribution in [3.63, 3.8) is 0 Å². The Kier molecular flexibility index (Phi) is 6.57. The van der Waals surface area contributed by atoms with Gasteiger partial charge in [0.1, 0.15) is 21.6 Å². The van der Waals surface area contributed by atoms with Crippen molar-refractivity contribution in [1.29, 1.82) is 0 Å². The quantitative estimate of drug-likeness (QED) is 0.383. The summed E-state index contributed by atoms with van der Waals surface area (Å²) in [5.74, 6) is 0.120. The van der Waals surface area contributed by atoms with E-state index in [2.05, 4.69) is 9.80 Å². The van der Waals surface area contributed by atoms with E-state index in [-0.39, 0.29) is 17.3 Å². The molecule has 2 saturated heterocycles. The van der Waals surface area contributed by atoms with Crippen LogP contribution in [0.3, 0.4) is 0 Å². The molecule has 2 aliphatic rings. The van der Waals surface area contributed by atoms with Crippen molar-refractivity contribution in [2.75, 3.05) is 42.5 Å². The summed E-state index contributed by atoms with van der Waals surface area (Å²) in [5, 5.41) is 0. The number of hydrogen-bond donors (Lipinski definition) is 0. The second-order valence-electron chi connectivity index (χ2n) is 8.37. The van der Waals surface area contributed by atoms with Gasteiger partial charge in [-0.25, -0.2) is 9.37 Å². The zero-order valence-electron chi connectivity index (χ0n) is 19.2. The number of amides is 1. The standard InChI is InChI=1S/C25H24FN5O2S2/c1-2-10-31-24(33)20(35-25(31)34)16-19-22(27-21-5-3-4-11-30(21)23(19)32)29-14-12-28(13-15-29)18-8-6-17(26)7-9-18/h3-9,11,16H,2,10,12-15H2,1H3. The predicted molar refractivity (Wildman–Crippen MR) is 142 cm³/mol. The van der Waals surface area contributed by atoms with Crippen molar-refractivity contribution >= 4 is 57.4 Å². The summed E-state index contributed by atoms with van der Waals surface area (Å²) in [5.41, 5.74) is 1.65. The number of benzene rings is 1. The number of carbonyl (C=O) groups excluding carboxylic acids is 1. The molecule has 0 atom stereocenters. The van der Waals surface area contributed by atoms with E-state index in [0.29, 0.717) is 59.0 Å². The van der Waals surface area contributed by atoms with Crippen LogP contribution in [-0.4, -0.2) is 57.2 Å². The van der Waals surface area contributed by atoms with E-state index in [9.17, 15) is 14.0 Å². The van der Waals surface area contributed by atoms with Gasteiger partial charge in [-0.2, -0.15) is 0 Å². The number of thiocarbonyl (C=S) groups is 1. The highest BCUT2D eigenvalue weighted by Gasteiger charge is 2.32. The van der Waals surface area contributed by atoms with Crippen LogP contribution in [0.4, 0.5) is 15.9 Å². The number of rotatable bonds is 5. The Balaban J connectivity index is 1.50. The number of pyridine rings is 1. The largest absolute Gasteiger partial charge is 0.368 e. The van der Waals surface area contributed by atoms with Crippen molar-refractivity contribution in [1.82, 2.24) is 14.3 Å². The molecule has 0 spiro atoms. The topological polar surface area (TPSA) is 61.2 Å². The van der Waals surface area contributed by atoms with Gasteiger partial charge in [0.2, 0.25) is 0 Å².